The van der Waals surface area contributed by atoms with Gasteiger partial charge in [0.25, 0.3) is 0 Å². The second-order valence-corrected chi connectivity index (χ2v) is 1.95. The molecule has 0 amide bonds. The first kappa shape index (κ1) is 6.20. The molecule has 0 N–H and O–H groups in total. The lowest BCUT2D eigenvalue weighted by Gasteiger charge is -1.93. The fourth-order valence-electron chi connectivity index (χ4n) is 0.702. The Morgan fingerprint density at radius 3 is 2.78 bits per heavy atom. The molecule has 9 heavy (non-hydrogen) atoms. The maximum absolute atomic E-state index is 4.18. The van der Waals surface area contributed by atoms with E-state index >= 15 is 0 Å². The molecular weight excluding hydrogens is 112 g/mol. The zero-order valence-corrected chi connectivity index (χ0v) is 5.76. The van der Waals surface area contributed by atoms with Crippen molar-refractivity contribution >= 4 is 0 Å². The summed E-state index contributed by atoms with van der Waals surface area (Å²) in [5, 5.41) is 0. The Morgan fingerprint density at radius 1 is 1.56 bits per heavy atom. The predicted octanol–water partition coefficient (Wildman–Crippen LogP) is 1.35. The van der Waals surface area contributed by atoms with E-state index in [1.807, 2.05) is 13.0 Å². The fourth-order valence-corrected chi connectivity index (χ4v) is 0.702. The van der Waals surface area contributed by atoms with E-state index in [9.17, 15) is 0 Å². The topological polar surface area (TPSA) is 25.8 Å². The quantitative estimate of drug-likeness (QED) is 0.562. The van der Waals surface area contributed by atoms with Crippen molar-refractivity contribution in [1.82, 2.24) is 9.97 Å². The summed E-state index contributed by atoms with van der Waals surface area (Å²) in [5.41, 5.74) is 1.11. The van der Waals surface area contributed by atoms with Gasteiger partial charge >= 0.3 is 0 Å². The Balaban J connectivity index is 2.94. The van der Waals surface area contributed by atoms with E-state index in [1.54, 1.807) is 6.20 Å². The van der Waals surface area contributed by atoms with Gasteiger partial charge in [-0.05, 0) is 19.4 Å². The van der Waals surface area contributed by atoms with Gasteiger partial charge < -0.3 is 0 Å². The summed E-state index contributed by atoms with van der Waals surface area (Å²) < 4.78 is 0. The van der Waals surface area contributed by atoms with Gasteiger partial charge in [0.1, 0.15) is 5.82 Å². The Morgan fingerprint density at radius 2 is 2.33 bits per heavy atom. The SMILES string of the molecule is CCc1ccnc(C)n1. The first-order valence-electron chi connectivity index (χ1n) is 3.11. The van der Waals surface area contributed by atoms with Gasteiger partial charge in [-0.1, -0.05) is 6.92 Å². The van der Waals surface area contributed by atoms with Crippen molar-refractivity contribution in [2.24, 2.45) is 0 Å². The van der Waals surface area contributed by atoms with Gasteiger partial charge in [0.05, 0.1) is 0 Å². The van der Waals surface area contributed by atoms with Crippen LogP contribution in [0.4, 0.5) is 0 Å². The molecule has 2 nitrogen and oxygen atoms in total. The minimum absolute atomic E-state index is 0.856. The summed E-state index contributed by atoms with van der Waals surface area (Å²) in [4.78, 5) is 8.16. The summed E-state index contributed by atoms with van der Waals surface area (Å²) in [6, 6.07) is 1.94. The molecule has 0 atom stereocenters. The van der Waals surface area contributed by atoms with Gasteiger partial charge in [-0.2, -0.15) is 0 Å². The lowest BCUT2D eigenvalue weighted by molar-refractivity contribution is 0.949. The molecule has 0 radical (unpaired) electrons. The molecular formula is C7H10N2. The Bertz CT molecular complexity index is 196. The van der Waals surface area contributed by atoms with Crippen LogP contribution in [0.1, 0.15) is 18.4 Å². The van der Waals surface area contributed by atoms with E-state index in [4.69, 9.17) is 0 Å². The summed E-state index contributed by atoms with van der Waals surface area (Å²) in [6.45, 7) is 3.99. The molecule has 1 aromatic rings. The predicted molar refractivity (Wildman–Crippen MR) is 36.1 cm³/mol. The van der Waals surface area contributed by atoms with Gasteiger partial charge in [0.2, 0.25) is 0 Å². The third-order valence-corrected chi connectivity index (χ3v) is 1.20. The van der Waals surface area contributed by atoms with E-state index in [2.05, 4.69) is 16.9 Å². The van der Waals surface area contributed by atoms with Crippen molar-refractivity contribution in [3.63, 3.8) is 0 Å². The normalized spacial score (nSPS) is 9.56. The second-order valence-electron chi connectivity index (χ2n) is 1.95. The summed E-state index contributed by atoms with van der Waals surface area (Å²) in [6.07, 6.45) is 2.78. The van der Waals surface area contributed by atoms with E-state index in [0.29, 0.717) is 0 Å². The van der Waals surface area contributed by atoms with Crippen molar-refractivity contribution < 1.29 is 0 Å². The molecule has 0 unspecified atom stereocenters. The highest BCUT2D eigenvalue weighted by atomic mass is 14.9. The Labute approximate surface area is 55.0 Å². The van der Waals surface area contributed by atoms with Crippen LogP contribution in [-0.2, 0) is 6.42 Å². The van der Waals surface area contributed by atoms with Crippen molar-refractivity contribution in [1.29, 1.82) is 0 Å². The average molecular weight is 122 g/mol. The lowest BCUT2D eigenvalue weighted by atomic mass is 10.3. The molecule has 1 heterocycles. The highest BCUT2D eigenvalue weighted by molar-refractivity contribution is 5.00. The van der Waals surface area contributed by atoms with E-state index < -0.39 is 0 Å². The number of hydrogen-bond acceptors (Lipinski definition) is 2. The maximum atomic E-state index is 4.18. The molecule has 0 aromatic carbocycles. The first-order valence-corrected chi connectivity index (χ1v) is 3.11. The van der Waals surface area contributed by atoms with Gasteiger partial charge in [0, 0.05) is 11.9 Å². The molecule has 0 aliphatic rings. The lowest BCUT2D eigenvalue weighted by Crippen LogP contribution is -1.91. The standard InChI is InChI=1S/C7H10N2/c1-3-7-4-5-8-6(2)9-7/h4-5H,3H2,1-2H3. The van der Waals surface area contributed by atoms with E-state index in [0.717, 1.165) is 17.9 Å². The van der Waals surface area contributed by atoms with Crippen LogP contribution in [0.15, 0.2) is 12.3 Å². The molecule has 0 saturated carbocycles. The smallest absolute Gasteiger partial charge is 0.125 e. The molecule has 2 heteroatoms. The van der Waals surface area contributed by atoms with Crippen molar-refractivity contribution in [3.8, 4) is 0 Å². The van der Waals surface area contributed by atoms with Gasteiger partial charge in [-0.15, -0.1) is 0 Å². The molecule has 0 saturated heterocycles. The molecule has 0 spiro atoms. The zero-order valence-electron chi connectivity index (χ0n) is 5.76. The number of nitrogens with zero attached hydrogens (tertiary/aromatic N) is 2. The van der Waals surface area contributed by atoms with E-state index in [1.165, 1.54) is 0 Å². The number of rotatable bonds is 1. The number of aryl methyl sites for hydroxylation is 2. The minimum Gasteiger partial charge on any atom is -0.242 e. The van der Waals surface area contributed by atoms with Crippen molar-refractivity contribution in [2.45, 2.75) is 20.3 Å². The van der Waals surface area contributed by atoms with Crippen LogP contribution in [0.25, 0.3) is 0 Å². The van der Waals surface area contributed by atoms with Crippen LogP contribution in [0.3, 0.4) is 0 Å². The molecule has 1 rings (SSSR count). The van der Waals surface area contributed by atoms with Crippen LogP contribution in [0.2, 0.25) is 0 Å². The molecule has 0 aliphatic carbocycles. The summed E-state index contributed by atoms with van der Waals surface area (Å²) in [7, 11) is 0. The van der Waals surface area contributed by atoms with Gasteiger partial charge in [0.15, 0.2) is 0 Å². The van der Waals surface area contributed by atoms with Crippen LogP contribution >= 0.6 is 0 Å². The van der Waals surface area contributed by atoms with Crippen LogP contribution in [0, 0.1) is 6.92 Å². The van der Waals surface area contributed by atoms with Gasteiger partial charge in [-0.25, -0.2) is 9.97 Å². The molecule has 48 valence electrons. The number of aromatic nitrogens is 2. The minimum atomic E-state index is 0.856. The summed E-state index contributed by atoms with van der Waals surface area (Å²) >= 11 is 0. The molecule has 0 fully saturated rings. The van der Waals surface area contributed by atoms with E-state index in [-0.39, 0.29) is 0 Å². The zero-order chi connectivity index (χ0) is 6.69. The molecule has 0 bridgehead atoms. The largest absolute Gasteiger partial charge is 0.242 e. The van der Waals surface area contributed by atoms with Crippen LogP contribution in [0.5, 0.6) is 0 Å². The van der Waals surface area contributed by atoms with Crippen molar-refractivity contribution in [3.05, 3.63) is 23.8 Å². The van der Waals surface area contributed by atoms with Gasteiger partial charge in [-0.3, -0.25) is 0 Å². The summed E-state index contributed by atoms with van der Waals surface area (Å²) in [5.74, 6) is 0.856. The third kappa shape index (κ3) is 1.49. The number of hydrogen-bond donors (Lipinski definition) is 0. The average Bonchev–Trinajstić information content (AvgIpc) is 1.88. The van der Waals surface area contributed by atoms with Crippen LogP contribution in [-0.4, -0.2) is 9.97 Å². The monoisotopic (exact) mass is 122 g/mol. The highest BCUT2D eigenvalue weighted by Gasteiger charge is 1.88. The first-order chi connectivity index (χ1) is 4.33. The molecule has 1 aromatic heterocycles. The Hall–Kier alpha value is -0.920. The highest BCUT2D eigenvalue weighted by Crippen LogP contribution is 1.93. The maximum Gasteiger partial charge on any atom is 0.125 e. The van der Waals surface area contributed by atoms with Crippen molar-refractivity contribution in [2.75, 3.05) is 0 Å². The molecule has 0 aliphatic heterocycles. The second kappa shape index (κ2) is 2.58. The third-order valence-electron chi connectivity index (χ3n) is 1.20. The Kier molecular flexibility index (Phi) is 1.78. The fraction of sp³-hybridized carbons (Fsp3) is 0.429. The van der Waals surface area contributed by atoms with Crippen LogP contribution < -0.4 is 0 Å².